The first-order chi connectivity index (χ1) is 9.58. The van der Waals surface area contributed by atoms with Crippen LogP contribution in [0, 0.1) is 5.92 Å². The van der Waals surface area contributed by atoms with Crippen LogP contribution in [0.1, 0.15) is 45.6 Å². The molecule has 1 unspecified atom stereocenters. The van der Waals surface area contributed by atoms with Crippen molar-refractivity contribution in [3.05, 3.63) is 23.8 Å². The lowest BCUT2D eigenvalue weighted by atomic mass is 9.97. The Morgan fingerprint density at radius 1 is 1.20 bits per heavy atom. The van der Waals surface area contributed by atoms with Gasteiger partial charge in [-0.05, 0) is 49.3 Å². The molecule has 1 rings (SSSR count). The van der Waals surface area contributed by atoms with Gasteiger partial charge in [-0.25, -0.2) is 0 Å². The van der Waals surface area contributed by atoms with Crippen molar-refractivity contribution in [3.63, 3.8) is 0 Å². The molecule has 0 saturated carbocycles. The number of rotatable bonds is 9. The van der Waals surface area contributed by atoms with Crippen LogP contribution in [-0.4, -0.2) is 19.8 Å². The van der Waals surface area contributed by atoms with Gasteiger partial charge in [0.15, 0.2) is 11.5 Å². The highest BCUT2D eigenvalue weighted by molar-refractivity contribution is 5.43. The fourth-order valence-corrected chi connectivity index (χ4v) is 2.07. The molecule has 3 heteroatoms. The molecule has 0 fully saturated rings. The van der Waals surface area contributed by atoms with E-state index >= 15 is 0 Å². The molecule has 0 radical (unpaired) electrons. The smallest absolute Gasteiger partial charge is 0.161 e. The number of methoxy groups -OCH3 is 1. The second kappa shape index (κ2) is 8.85. The molecule has 2 N–H and O–H groups in total. The van der Waals surface area contributed by atoms with E-state index in [9.17, 15) is 0 Å². The van der Waals surface area contributed by atoms with Gasteiger partial charge in [-0.3, -0.25) is 0 Å². The van der Waals surface area contributed by atoms with Gasteiger partial charge in [-0.1, -0.05) is 26.8 Å². The van der Waals surface area contributed by atoms with E-state index in [1.54, 1.807) is 7.11 Å². The monoisotopic (exact) mass is 279 g/mol. The second-order valence-electron chi connectivity index (χ2n) is 5.63. The van der Waals surface area contributed by atoms with Crippen LogP contribution in [0.3, 0.4) is 0 Å². The van der Waals surface area contributed by atoms with Gasteiger partial charge >= 0.3 is 0 Å². The van der Waals surface area contributed by atoms with Crippen molar-refractivity contribution < 1.29 is 9.47 Å². The van der Waals surface area contributed by atoms with E-state index < -0.39 is 0 Å². The van der Waals surface area contributed by atoms with Crippen molar-refractivity contribution in [2.24, 2.45) is 11.7 Å². The van der Waals surface area contributed by atoms with Crippen LogP contribution >= 0.6 is 0 Å². The zero-order valence-electron chi connectivity index (χ0n) is 13.3. The summed E-state index contributed by atoms with van der Waals surface area (Å²) in [6, 6.07) is 6.50. The molecule has 0 aliphatic carbocycles. The Morgan fingerprint density at radius 2 is 1.95 bits per heavy atom. The van der Waals surface area contributed by atoms with Crippen LogP contribution in [0.25, 0.3) is 0 Å². The number of ether oxygens (including phenoxy) is 2. The Morgan fingerprint density at radius 3 is 2.55 bits per heavy atom. The summed E-state index contributed by atoms with van der Waals surface area (Å²) in [5.74, 6) is 2.20. The quantitative estimate of drug-likeness (QED) is 0.748. The predicted octanol–water partition coefficient (Wildman–Crippen LogP) is 3.79. The second-order valence-corrected chi connectivity index (χ2v) is 5.63. The fraction of sp³-hybridized carbons (Fsp3) is 0.647. The van der Waals surface area contributed by atoms with Gasteiger partial charge in [0.25, 0.3) is 0 Å². The number of hydrogen-bond donors (Lipinski definition) is 1. The molecule has 0 aromatic heterocycles. The first kappa shape index (κ1) is 16.8. The summed E-state index contributed by atoms with van der Waals surface area (Å²) < 4.78 is 11.1. The summed E-state index contributed by atoms with van der Waals surface area (Å²) in [5, 5.41) is 0. The molecule has 0 aliphatic heterocycles. The molecule has 0 heterocycles. The molecular formula is C17H29NO2. The minimum Gasteiger partial charge on any atom is -0.493 e. The largest absolute Gasteiger partial charge is 0.493 e. The zero-order chi connectivity index (χ0) is 15.0. The van der Waals surface area contributed by atoms with Crippen LogP contribution in [0.4, 0.5) is 0 Å². The Labute approximate surface area is 123 Å². The fourth-order valence-electron chi connectivity index (χ4n) is 2.07. The van der Waals surface area contributed by atoms with E-state index in [1.807, 2.05) is 6.07 Å². The molecule has 0 spiro atoms. The summed E-state index contributed by atoms with van der Waals surface area (Å²) >= 11 is 0. The number of nitrogens with two attached hydrogens (primary N) is 1. The molecule has 114 valence electrons. The molecule has 20 heavy (non-hydrogen) atoms. The molecule has 1 atom stereocenters. The maximum absolute atomic E-state index is 6.07. The zero-order valence-corrected chi connectivity index (χ0v) is 13.3. The molecule has 0 amide bonds. The van der Waals surface area contributed by atoms with Crippen LogP contribution in [-0.2, 0) is 6.42 Å². The third-order valence-corrected chi connectivity index (χ3v) is 3.55. The van der Waals surface area contributed by atoms with Crippen molar-refractivity contribution in [2.75, 3.05) is 13.7 Å². The normalized spacial score (nSPS) is 12.5. The maximum Gasteiger partial charge on any atom is 0.161 e. The maximum atomic E-state index is 6.07. The van der Waals surface area contributed by atoms with Crippen molar-refractivity contribution in [1.82, 2.24) is 0 Å². The van der Waals surface area contributed by atoms with Gasteiger partial charge in [0, 0.05) is 6.04 Å². The lowest BCUT2D eigenvalue weighted by molar-refractivity contribution is 0.294. The van der Waals surface area contributed by atoms with Crippen molar-refractivity contribution >= 4 is 0 Å². The summed E-state index contributed by atoms with van der Waals surface area (Å²) in [6.07, 6.45) is 4.20. The average molecular weight is 279 g/mol. The van der Waals surface area contributed by atoms with Crippen molar-refractivity contribution in [3.8, 4) is 11.5 Å². The minimum atomic E-state index is 0.295. The van der Waals surface area contributed by atoms with Gasteiger partial charge in [0.2, 0.25) is 0 Å². The summed E-state index contributed by atoms with van der Waals surface area (Å²) in [6.45, 7) is 7.17. The summed E-state index contributed by atoms with van der Waals surface area (Å²) in [5.41, 5.74) is 7.35. The molecule has 1 aromatic carbocycles. The van der Waals surface area contributed by atoms with Gasteiger partial charge in [0.1, 0.15) is 0 Å². The van der Waals surface area contributed by atoms with Crippen LogP contribution in [0.2, 0.25) is 0 Å². The molecule has 1 aromatic rings. The molecule has 0 aliphatic rings. The van der Waals surface area contributed by atoms with Crippen molar-refractivity contribution in [2.45, 2.75) is 52.5 Å². The SMILES string of the molecule is CCCOc1ccc(CCCC(N)C(C)C)cc1OC. The third kappa shape index (κ3) is 5.41. The minimum absolute atomic E-state index is 0.295. The van der Waals surface area contributed by atoms with E-state index in [0.29, 0.717) is 12.0 Å². The van der Waals surface area contributed by atoms with Gasteiger partial charge in [0.05, 0.1) is 13.7 Å². The van der Waals surface area contributed by atoms with E-state index in [-0.39, 0.29) is 0 Å². The Hall–Kier alpha value is -1.22. The summed E-state index contributed by atoms with van der Waals surface area (Å²) in [7, 11) is 1.69. The van der Waals surface area contributed by atoms with E-state index in [1.165, 1.54) is 5.56 Å². The molecule has 0 bridgehead atoms. The van der Waals surface area contributed by atoms with Gasteiger partial charge < -0.3 is 15.2 Å². The summed E-state index contributed by atoms with van der Waals surface area (Å²) in [4.78, 5) is 0. The number of benzene rings is 1. The van der Waals surface area contributed by atoms with Crippen LogP contribution < -0.4 is 15.2 Å². The molecular weight excluding hydrogens is 250 g/mol. The predicted molar refractivity (Wildman–Crippen MR) is 84.5 cm³/mol. The lowest BCUT2D eigenvalue weighted by Gasteiger charge is -2.15. The van der Waals surface area contributed by atoms with E-state index in [0.717, 1.165) is 43.8 Å². The highest BCUT2D eigenvalue weighted by Gasteiger charge is 2.09. The van der Waals surface area contributed by atoms with Gasteiger partial charge in [-0.2, -0.15) is 0 Å². The Bertz CT molecular complexity index is 391. The van der Waals surface area contributed by atoms with Gasteiger partial charge in [-0.15, -0.1) is 0 Å². The molecule has 3 nitrogen and oxygen atoms in total. The highest BCUT2D eigenvalue weighted by Crippen LogP contribution is 2.28. The topological polar surface area (TPSA) is 44.5 Å². The van der Waals surface area contributed by atoms with Crippen molar-refractivity contribution in [1.29, 1.82) is 0 Å². The molecule has 0 saturated heterocycles. The average Bonchev–Trinajstić information content (AvgIpc) is 2.45. The van der Waals surface area contributed by atoms with E-state index in [2.05, 4.69) is 32.9 Å². The first-order valence-corrected chi connectivity index (χ1v) is 7.63. The standard InChI is InChI=1S/C17H29NO2/c1-5-11-20-16-10-9-14(12-17(16)19-4)7-6-8-15(18)13(2)3/h9-10,12-13,15H,5-8,11,18H2,1-4H3. The van der Waals surface area contributed by atoms with Crippen LogP contribution in [0.15, 0.2) is 18.2 Å². The van der Waals surface area contributed by atoms with E-state index in [4.69, 9.17) is 15.2 Å². The number of hydrogen-bond acceptors (Lipinski definition) is 3. The Balaban J connectivity index is 2.54. The lowest BCUT2D eigenvalue weighted by Crippen LogP contribution is -2.26. The first-order valence-electron chi connectivity index (χ1n) is 7.63. The Kier molecular flexibility index (Phi) is 7.45. The number of aryl methyl sites for hydroxylation is 1. The third-order valence-electron chi connectivity index (χ3n) is 3.55. The van der Waals surface area contributed by atoms with Crippen LogP contribution in [0.5, 0.6) is 11.5 Å². The highest BCUT2D eigenvalue weighted by atomic mass is 16.5.